The molecule has 5 heteroatoms. The number of methoxy groups -OCH3 is 1. The van der Waals surface area contributed by atoms with E-state index in [0.717, 1.165) is 12.4 Å². The van der Waals surface area contributed by atoms with E-state index < -0.39 is 0 Å². The zero-order chi connectivity index (χ0) is 11.4. The Hall–Kier alpha value is -1.52. The second-order valence-electron chi connectivity index (χ2n) is 3.90. The SMILES string of the molecule is COc1cc(N(C)CC(C)C)nc(N)n1. The highest BCUT2D eigenvalue weighted by Gasteiger charge is 2.08. The van der Waals surface area contributed by atoms with Crippen molar-refractivity contribution in [3.63, 3.8) is 0 Å². The van der Waals surface area contributed by atoms with Crippen molar-refractivity contribution in [3.8, 4) is 5.88 Å². The molecule has 5 nitrogen and oxygen atoms in total. The minimum atomic E-state index is 0.236. The first-order valence-corrected chi connectivity index (χ1v) is 4.92. The van der Waals surface area contributed by atoms with Crippen molar-refractivity contribution >= 4 is 11.8 Å². The Balaban J connectivity index is 2.88. The average molecular weight is 210 g/mol. The van der Waals surface area contributed by atoms with Gasteiger partial charge in [-0.05, 0) is 5.92 Å². The van der Waals surface area contributed by atoms with Gasteiger partial charge in [0.05, 0.1) is 7.11 Å². The molecule has 0 atom stereocenters. The highest BCUT2D eigenvalue weighted by molar-refractivity contribution is 5.44. The molecule has 15 heavy (non-hydrogen) atoms. The third-order valence-corrected chi connectivity index (χ3v) is 1.95. The smallest absolute Gasteiger partial charge is 0.225 e. The molecule has 1 heterocycles. The van der Waals surface area contributed by atoms with E-state index in [9.17, 15) is 0 Å². The van der Waals surface area contributed by atoms with Crippen molar-refractivity contribution in [3.05, 3.63) is 6.07 Å². The number of hydrogen-bond donors (Lipinski definition) is 1. The maximum atomic E-state index is 5.57. The molecule has 84 valence electrons. The first-order valence-electron chi connectivity index (χ1n) is 4.92. The number of anilines is 2. The van der Waals surface area contributed by atoms with Crippen LogP contribution in [-0.2, 0) is 0 Å². The summed E-state index contributed by atoms with van der Waals surface area (Å²) >= 11 is 0. The number of ether oxygens (including phenoxy) is 1. The lowest BCUT2D eigenvalue weighted by atomic mass is 10.2. The van der Waals surface area contributed by atoms with Crippen LogP contribution in [0.2, 0.25) is 0 Å². The van der Waals surface area contributed by atoms with Crippen LogP contribution in [0.25, 0.3) is 0 Å². The van der Waals surface area contributed by atoms with Crippen LogP contribution in [0.3, 0.4) is 0 Å². The van der Waals surface area contributed by atoms with Crippen molar-refractivity contribution in [1.82, 2.24) is 9.97 Å². The molecule has 0 radical (unpaired) electrons. The van der Waals surface area contributed by atoms with Crippen LogP contribution in [0.15, 0.2) is 6.07 Å². The summed E-state index contributed by atoms with van der Waals surface area (Å²) in [5, 5.41) is 0. The van der Waals surface area contributed by atoms with Gasteiger partial charge in [-0.25, -0.2) is 0 Å². The second kappa shape index (κ2) is 4.82. The standard InChI is InChI=1S/C10H18N4O/c1-7(2)6-14(3)8-5-9(15-4)13-10(11)12-8/h5,7H,6H2,1-4H3,(H2,11,12,13). The van der Waals surface area contributed by atoms with Crippen LogP contribution >= 0.6 is 0 Å². The van der Waals surface area contributed by atoms with Gasteiger partial charge in [-0.15, -0.1) is 0 Å². The normalized spacial score (nSPS) is 10.5. The molecule has 2 N–H and O–H groups in total. The predicted octanol–water partition coefficient (Wildman–Crippen LogP) is 1.16. The summed E-state index contributed by atoms with van der Waals surface area (Å²) in [6.07, 6.45) is 0. The zero-order valence-corrected chi connectivity index (χ0v) is 9.69. The van der Waals surface area contributed by atoms with Gasteiger partial charge in [0.1, 0.15) is 5.82 Å². The Bertz CT molecular complexity index is 327. The lowest BCUT2D eigenvalue weighted by Gasteiger charge is -2.20. The minimum absolute atomic E-state index is 0.236. The predicted molar refractivity (Wildman–Crippen MR) is 61.1 cm³/mol. The van der Waals surface area contributed by atoms with Gasteiger partial charge in [-0.2, -0.15) is 9.97 Å². The summed E-state index contributed by atoms with van der Waals surface area (Å²) in [5.74, 6) is 2.08. The Morgan fingerprint density at radius 2 is 2.13 bits per heavy atom. The molecular weight excluding hydrogens is 192 g/mol. The van der Waals surface area contributed by atoms with Crippen molar-refractivity contribution in [2.75, 3.05) is 31.3 Å². The van der Waals surface area contributed by atoms with Crippen molar-refractivity contribution in [2.24, 2.45) is 5.92 Å². The highest BCUT2D eigenvalue weighted by atomic mass is 16.5. The number of rotatable bonds is 4. The molecule has 0 unspecified atom stereocenters. The number of nitrogen functional groups attached to an aromatic ring is 1. The maximum absolute atomic E-state index is 5.57. The van der Waals surface area contributed by atoms with Crippen LogP contribution in [0.4, 0.5) is 11.8 Å². The molecule has 0 saturated heterocycles. The third kappa shape index (κ3) is 3.27. The van der Waals surface area contributed by atoms with Gasteiger partial charge in [0.15, 0.2) is 0 Å². The molecule has 1 rings (SSSR count). The molecule has 1 aromatic heterocycles. The Labute approximate surface area is 90.3 Å². The second-order valence-corrected chi connectivity index (χ2v) is 3.90. The topological polar surface area (TPSA) is 64.3 Å². The molecular formula is C10H18N4O. The van der Waals surface area contributed by atoms with Crippen LogP contribution < -0.4 is 15.4 Å². The molecule has 0 aliphatic carbocycles. The maximum Gasteiger partial charge on any atom is 0.225 e. The van der Waals surface area contributed by atoms with Gasteiger partial charge in [-0.1, -0.05) is 13.8 Å². The largest absolute Gasteiger partial charge is 0.481 e. The summed E-state index contributed by atoms with van der Waals surface area (Å²) in [7, 11) is 3.54. The van der Waals surface area contributed by atoms with Crippen molar-refractivity contribution in [2.45, 2.75) is 13.8 Å². The molecule has 0 aromatic carbocycles. The van der Waals surface area contributed by atoms with Crippen LogP contribution in [0, 0.1) is 5.92 Å². The van der Waals surface area contributed by atoms with E-state index in [0.29, 0.717) is 11.8 Å². The summed E-state index contributed by atoms with van der Waals surface area (Å²) < 4.78 is 5.03. The summed E-state index contributed by atoms with van der Waals surface area (Å²) in [5.41, 5.74) is 5.57. The third-order valence-electron chi connectivity index (χ3n) is 1.95. The van der Waals surface area contributed by atoms with Gasteiger partial charge in [0.2, 0.25) is 11.8 Å². The molecule has 1 aromatic rings. The quantitative estimate of drug-likeness (QED) is 0.807. The molecule has 0 amide bonds. The van der Waals surface area contributed by atoms with Crippen molar-refractivity contribution < 1.29 is 4.74 Å². The van der Waals surface area contributed by atoms with Crippen LogP contribution in [0.5, 0.6) is 5.88 Å². The van der Waals surface area contributed by atoms with E-state index in [1.807, 2.05) is 11.9 Å². The van der Waals surface area contributed by atoms with E-state index in [2.05, 4.69) is 23.8 Å². The number of aromatic nitrogens is 2. The number of nitrogens with zero attached hydrogens (tertiary/aromatic N) is 3. The van der Waals surface area contributed by atoms with Gasteiger partial charge in [0, 0.05) is 19.7 Å². The van der Waals surface area contributed by atoms with Gasteiger partial charge >= 0.3 is 0 Å². The highest BCUT2D eigenvalue weighted by Crippen LogP contribution is 2.17. The summed E-state index contributed by atoms with van der Waals surface area (Å²) in [4.78, 5) is 10.1. The van der Waals surface area contributed by atoms with E-state index in [1.54, 1.807) is 13.2 Å². The van der Waals surface area contributed by atoms with E-state index >= 15 is 0 Å². The molecule has 0 aliphatic heterocycles. The molecule has 0 aliphatic rings. The fraction of sp³-hybridized carbons (Fsp3) is 0.600. The number of nitrogens with two attached hydrogens (primary N) is 1. The van der Waals surface area contributed by atoms with Crippen molar-refractivity contribution in [1.29, 1.82) is 0 Å². The summed E-state index contributed by atoms with van der Waals surface area (Å²) in [6.45, 7) is 5.22. The molecule has 0 fully saturated rings. The van der Waals surface area contributed by atoms with E-state index in [-0.39, 0.29) is 5.95 Å². The first kappa shape index (κ1) is 11.6. The lowest BCUT2D eigenvalue weighted by molar-refractivity contribution is 0.397. The molecule has 0 saturated carbocycles. The fourth-order valence-corrected chi connectivity index (χ4v) is 1.37. The van der Waals surface area contributed by atoms with Gasteiger partial charge in [-0.3, -0.25) is 0 Å². The summed E-state index contributed by atoms with van der Waals surface area (Å²) in [6, 6.07) is 1.78. The lowest BCUT2D eigenvalue weighted by Crippen LogP contribution is -2.24. The number of hydrogen-bond acceptors (Lipinski definition) is 5. The Kier molecular flexibility index (Phi) is 3.71. The fourth-order valence-electron chi connectivity index (χ4n) is 1.37. The van der Waals surface area contributed by atoms with Gasteiger partial charge in [0.25, 0.3) is 0 Å². The first-order chi connectivity index (χ1) is 7.02. The molecule has 0 bridgehead atoms. The zero-order valence-electron chi connectivity index (χ0n) is 9.69. The molecule has 0 spiro atoms. The van der Waals surface area contributed by atoms with E-state index in [4.69, 9.17) is 10.5 Å². The Morgan fingerprint density at radius 3 is 2.67 bits per heavy atom. The van der Waals surface area contributed by atoms with Crippen LogP contribution in [-0.4, -0.2) is 30.7 Å². The average Bonchev–Trinajstić information content (AvgIpc) is 2.15. The van der Waals surface area contributed by atoms with Gasteiger partial charge < -0.3 is 15.4 Å². The monoisotopic (exact) mass is 210 g/mol. The van der Waals surface area contributed by atoms with Crippen LogP contribution in [0.1, 0.15) is 13.8 Å². The van der Waals surface area contributed by atoms with E-state index in [1.165, 1.54) is 0 Å². The Morgan fingerprint density at radius 1 is 1.47 bits per heavy atom. The minimum Gasteiger partial charge on any atom is -0.481 e.